The van der Waals surface area contributed by atoms with E-state index in [1.54, 1.807) is 13.8 Å². The Morgan fingerprint density at radius 2 is 1.57 bits per heavy atom. The minimum atomic E-state index is -1.83. The van der Waals surface area contributed by atoms with Crippen LogP contribution < -0.4 is 0 Å². The van der Waals surface area contributed by atoms with E-state index in [0.717, 1.165) is 7.11 Å². The summed E-state index contributed by atoms with van der Waals surface area (Å²) in [5, 5.41) is 64.9. The van der Waals surface area contributed by atoms with E-state index >= 15 is 0 Å². The molecule has 2 saturated heterocycles. The van der Waals surface area contributed by atoms with Crippen molar-refractivity contribution < 1.29 is 68.7 Å². The second-order valence-corrected chi connectivity index (χ2v) is 12.9. The minimum Gasteiger partial charge on any atom is -0.507 e. The molecule has 14 heteroatoms. The molecule has 2 aromatic carbocycles. The fourth-order valence-electron chi connectivity index (χ4n) is 7.25. The molecular weight excluding hydrogens is 620 g/mol. The number of carbonyl (C=O) groups is 3. The third-order valence-corrected chi connectivity index (χ3v) is 9.59. The number of phenolic OH excluding ortho intramolecular Hbond substituents is 2. The highest BCUT2D eigenvalue weighted by Crippen LogP contribution is 2.53. The van der Waals surface area contributed by atoms with Gasteiger partial charge in [0.2, 0.25) is 5.78 Å². The average Bonchev–Trinajstić information content (AvgIpc) is 2.99. The summed E-state index contributed by atoms with van der Waals surface area (Å²) in [5.74, 6) is -4.82. The van der Waals surface area contributed by atoms with Gasteiger partial charge in [0.1, 0.15) is 29.6 Å². The van der Waals surface area contributed by atoms with Crippen LogP contribution in [0, 0.1) is 0 Å². The van der Waals surface area contributed by atoms with E-state index in [9.17, 15) is 45.0 Å². The van der Waals surface area contributed by atoms with Crippen LogP contribution in [0.4, 0.5) is 0 Å². The predicted molar refractivity (Wildman–Crippen MR) is 158 cm³/mol. The van der Waals surface area contributed by atoms with Gasteiger partial charge in [-0.05, 0) is 38.5 Å². The Morgan fingerprint density at radius 1 is 0.915 bits per heavy atom. The number of phenols is 2. The van der Waals surface area contributed by atoms with Crippen LogP contribution in [0.15, 0.2) is 24.3 Å². The zero-order valence-electron chi connectivity index (χ0n) is 26.2. The Bertz CT molecular complexity index is 1580. The van der Waals surface area contributed by atoms with Crippen molar-refractivity contribution in [2.45, 2.75) is 107 Å². The summed E-state index contributed by atoms with van der Waals surface area (Å²) >= 11 is 0. The summed E-state index contributed by atoms with van der Waals surface area (Å²) in [7, 11) is 1.13. The van der Waals surface area contributed by atoms with E-state index in [1.165, 1.54) is 31.2 Å². The molecule has 6 N–H and O–H groups in total. The largest absolute Gasteiger partial charge is 0.507 e. The predicted octanol–water partition coefficient (Wildman–Crippen LogP) is 1.08. The molecule has 254 valence electrons. The van der Waals surface area contributed by atoms with Crippen molar-refractivity contribution in [3.63, 3.8) is 0 Å². The molecule has 0 spiro atoms. The first kappa shape index (κ1) is 33.4. The lowest BCUT2D eigenvalue weighted by Crippen LogP contribution is -2.54. The molecule has 6 rings (SSSR count). The first-order valence-electron chi connectivity index (χ1n) is 15.4. The van der Waals surface area contributed by atoms with E-state index in [1.807, 2.05) is 0 Å². The average molecular weight is 659 g/mol. The third-order valence-electron chi connectivity index (χ3n) is 9.59. The van der Waals surface area contributed by atoms with E-state index in [4.69, 9.17) is 23.7 Å². The fraction of sp³-hybridized carbons (Fsp3) is 0.545. The number of aromatic hydroxyl groups is 2. The highest BCUT2D eigenvalue weighted by atomic mass is 16.7. The van der Waals surface area contributed by atoms with Gasteiger partial charge in [-0.15, -0.1) is 0 Å². The van der Waals surface area contributed by atoms with Gasteiger partial charge in [-0.3, -0.25) is 14.4 Å². The molecule has 4 aliphatic rings. The lowest BCUT2D eigenvalue weighted by Gasteiger charge is -2.45. The summed E-state index contributed by atoms with van der Waals surface area (Å²) < 4.78 is 28.8. The molecule has 2 aliphatic heterocycles. The molecule has 2 heterocycles. The van der Waals surface area contributed by atoms with Gasteiger partial charge in [0, 0.05) is 36.0 Å². The number of hydrogen-bond acceptors (Lipinski definition) is 14. The van der Waals surface area contributed by atoms with Crippen LogP contribution in [0.3, 0.4) is 0 Å². The summed E-state index contributed by atoms with van der Waals surface area (Å²) in [6.07, 6.45) is -9.41. The maximum Gasteiger partial charge on any atom is 0.316 e. The Hall–Kier alpha value is -3.47. The van der Waals surface area contributed by atoms with Crippen molar-refractivity contribution >= 4 is 17.5 Å². The number of ketones is 2. The first-order chi connectivity index (χ1) is 22.1. The molecule has 47 heavy (non-hydrogen) atoms. The van der Waals surface area contributed by atoms with E-state index in [0.29, 0.717) is 0 Å². The van der Waals surface area contributed by atoms with Gasteiger partial charge in [-0.25, -0.2) is 0 Å². The van der Waals surface area contributed by atoms with Gasteiger partial charge in [-0.2, -0.15) is 0 Å². The van der Waals surface area contributed by atoms with Crippen molar-refractivity contribution in [3.8, 4) is 11.5 Å². The Morgan fingerprint density at radius 3 is 2.23 bits per heavy atom. The Labute approximate surface area is 269 Å². The molecule has 0 bridgehead atoms. The smallest absolute Gasteiger partial charge is 0.316 e. The molecule has 0 amide bonds. The number of aliphatic hydroxyl groups excluding tert-OH is 3. The molecule has 0 aromatic heterocycles. The number of benzene rings is 2. The lowest BCUT2D eigenvalue weighted by atomic mass is 9.68. The Balaban J connectivity index is 1.33. The Kier molecular flexibility index (Phi) is 8.68. The monoisotopic (exact) mass is 658 g/mol. The van der Waals surface area contributed by atoms with Gasteiger partial charge in [0.15, 0.2) is 18.4 Å². The minimum absolute atomic E-state index is 0.00836. The van der Waals surface area contributed by atoms with Crippen molar-refractivity contribution in [3.05, 3.63) is 57.6 Å². The summed E-state index contributed by atoms with van der Waals surface area (Å²) in [6.45, 7) is 4.59. The van der Waals surface area contributed by atoms with Crippen LogP contribution >= 0.6 is 0 Å². The van der Waals surface area contributed by atoms with E-state index < -0.39 is 95.9 Å². The summed E-state index contributed by atoms with van der Waals surface area (Å²) in [6, 6.07) is 5.28. The second-order valence-electron chi connectivity index (χ2n) is 12.9. The SMILES string of the molecule is COC(=O)[C@@H]1c2cc3c(c(O)c2[C@@H](O[C@@H]2C[C@H](O)[C@H](O[C@@H]4C[C@H](O)[C@H](O)[C@@H](C)O4)[C@H](C)O2)C[C@@]1(C)O)C(=O)c1c(O)cccc1C3=O. The molecule has 0 radical (unpaired) electrons. The molecule has 0 unspecified atom stereocenters. The van der Waals surface area contributed by atoms with Gasteiger partial charge in [-0.1, -0.05) is 12.1 Å². The van der Waals surface area contributed by atoms with Crippen molar-refractivity contribution in [1.82, 2.24) is 0 Å². The number of methoxy groups -OCH3 is 1. The number of ether oxygens (including phenoxy) is 5. The first-order valence-corrected chi connectivity index (χ1v) is 15.4. The normalized spacial score (nSPS) is 36.7. The highest BCUT2D eigenvalue weighted by molar-refractivity contribution is 6.30. The van der Waals surface area contributed by atoms with Gasteiger partial charge >= 0.3 is 5.97 Å². The maximum absolute atomic E-state index is 13.7. The van der Waals surface area contributed by atoms with E-state index in [2.05, 4.69) is 0 Å². The van der Waals surface area contributed by atoms with Crippen LogP contribution in [0.5, 0.6) is 11.5 Å². The van der Waals surface area contributed by atoms with Crippen LogP contribution in [0.1, 0.15) is 95.0 Å². The lowest BCUT2D eigenvalue weighted by molar-refractivity contribution is -0.317. The number of fused-ring (bicyclic) bond motifs is 3. The standard InChI is InChI=1S/C33H38O14/c1-12-27(37)18(35)9-22(44-12)47-31-13(2)45-21(10-19(31)36)46-20-11-33(3,42)26(32(41)43-4)15-8-16-25(30(40)24(15)20)29(39)23-14(28(16)38)6-5-7-17(23)34/h5-8,12-13,18-22,26-27,31,34-37,40,42H,9-11H2,1-4H3/t12-,13+,18+,19+,20+,21-,22-,26+,27-,31-,33-/m1/s1. The molecule has 14 nitrogen and oxygen atoms in total. The van der Waals surface area contributed by atoms with Crippen LogP contribution in [-0.2, 0) is 28.5 Å². The van der Waals surface area contributed by atoms with Crippen molar-refractivity contribution in [2.24, 2.45) is 0 Å². The fourth-order valence-corrected chi connectivity index (χ4v) is 7.25. The van der Waals surface area contributed by atoms with Crippen molar-refractivity contribution in [1.29, 1.82) is 0 Å². The van der Waals surface area contributed by atoms with Gasteiger partial charge in [0.25, 0.3) is 0 Å². The number of esters is 1. The summed E-state index contributed by atoms with van der Waals surface area (Å²) in [5.41, 5.74) is -2.83. The maximum atomic E-state index is 13.7. The number of carbonyl (C=O) groups excluding carboxylic acids is 3. The highest BCUT2D eigenvalue weighted by Gasteiger charge is 2.52. The molecule has 2 aromatic rings. The zero-order chi connectivity index (χ0) is 34.1. The van der Waals surface area contributed by atoms with Gasteiger partial charge < -0.3 is 54.3 Å². The topological polar surface area (TPSA) is 219 Å². The van der Waals surface area contributed by atoms with Crippen LogP contribution in [0.2, 0.25) is 0 Å². The molecule has 2 aliphatic carbocycles. The number of aliphatic hydroxyl groups is 4. The van der Waals surface area contributed by atoms with Gasteiger partial charge in [0.05, 0.1) is 54.4 Å². The zero-order valence-corrected chi connectivity index (χ0v) is 26.2. The number of hydrogen-bond donors (Lipinski definition) is 6. The van der Waals surface area contributed by atoms with Crippen LogP contribution in [-0.4, -0.2) is 110 Å². The van der Waals surface area contributed by atoms with E-state index in [-0.39, 0.29) is 52.6 Å². The quantitative estimate of drug-likeness (QED) is 0.212. The molecular formula is C33H38O14. The molecule has 0 saturated carbocycles. The second kappa shape index (κ2) is 12.2. The molecule has 11 atom stereocenters. The van der Waals surface area contributed by atoms with Crippen molar-refractivity contribution in [2.75, 3.05) is 7.11 Å². The summed E-state index contributed by atoms with van der Waals surface area (Å²) in [4.78, 5) is 40.3. The van der Waals surface area contributed by atoms with Crippen LogP contribution in [0.25, 0.3) is 0 Å². The molecule has 2 fully saturated rings. The third kappa shape index (κ3) is 5.62. The number of rotatable bonds is 5.